The van der Waals surface area contributed by atoms with E-state index in [0.717, 1.165) is 7.11 Å². The minimum Gasteiger partial charge on any atom is -0.464 e. The van der Waals surface area contributed by atoms with E-state index in [2.05, 4.69) is 14.6 Å². The zero-order valence-corrected chi connectivity index (χ0v) is 12.7. The predicted molar refractivity (Wildman–Crippen MR) is 67.5 cm³/mol. The summed E-state index contributed by atoms with van der Waals surface area (Å²) in [5, 5.41) is 3.25. The number of alkyl halides is 7. The molecular formula is C13H13F7N2O3. The number of halogens is 7. The molecule has 1 aromatic heterocycles. The summed E-state index contributed by atoms with van der Waals surface area (Å²) in [6.45, 7) is -4.11. The molecule has 1 fully saturated rings. The summed E-state index contributed by atoms with van der Waals surface area (Å²) in [6.07, 6.45) is -6.33. The van der Waals surface area contributed by atoms with Crippen molar-refractivity contribution in [1.82, 2.24) is 9.78 Å². The second kappa shape index (κ2) is 6.71. The molecule has 0 bridgehead atoms. The molecule has 0 radical (unpaired) electrons. The van der Waals surface area contributed by atoms with Crippen molar-refractivity contribution in [2.24, 2.45) is 5.92 Å². The third kappa shape index (κ3) is 4.34. The Morgan fingerprint density at radius 2 is 2.04 bits per heavy atom. The number of carbonyl (C=O) groups excluding carboxylic acids is 1. The highest BCUT2D eigenvalue weighted by Gasteiger charge is 2.46. The second-order valence-electron chi connectivity index (χ2n) is 5.54. The molecule has 12 heteroatoms. The third-order valence-corrected chi connectivity index (χ3v) is 3.72. The molecule has 1 heterocycles. The van der Waals surface area contributed by atoms with E-state index in [1.165, 1.54) is 0 Å². The zero-order chi connectivity index (χ0) is 19.0. The maximum absolute atomic E-state index is 13.2. The van der Waals surface area contributed by atoms with Crippen molar-refractivity contribution in [1.29, 1.82) is 0 Å². The number of methoxy groups -OCH3 is 1. The van der Waals surface area contributed by atoms with Gasteiger partial charge in [0, 0.05) is 19.4 Å². The lowest BCUT2D eigenvalue weighted by atomic mass is 10.1. The highest BCUT2D eigenvalue weighted by atomic mass is 19.4. The maximum Gasteiger partial charge on any atom is 0.424 e. The summed E-state index contributed by atoms with van der Waals surface area (Å²) in [5.41, 5.74) is -3.00. The van der Waals surface area contributed by atoms with E-state index in [1.807, 2.05) is 0 Å². The molecule has 1 aliphatic carbocycles. The van der Waals surface area contributed by atoms with E-state index in [9.17, 15) is 35.5 Å². The Labute approximate surface area is 136 Å². The van der Waals surface area contributed by atoms with Crippen LogP contribution in [0.5, 0.6) is 5.88 Å². The quantitative estimate of drug-likeness (QED) is 0.579. The molecule has 0 aliphatic heterocycles. The number of hydrogen-bond donors (Lipinski definition) is 0. The summed E-state index contributed by atoms with van der Waals surface area (Å²) in [6, 6.07) is 0. The molecule has 0 N–H and O–H groups in total. The van der Waals surface area contributed by atoms with Crippen LogP contribution in [0.4, 0.5) is 30.7 Å². The van der Waals surface area contributed by atoms with Gasteiger partial charge in [-0.25, -0.2) is 13.6 Å². The van der Waals surface area contributed by atoms with Crippen LogP contribution >= 0.6 is 0 Å². The molecule has 0 spiro atoms. The van der Waals surface area contributed by atoms with Crippen LogP contribution < -0.4 is 4.74 Å². The number of rotatable bonds is 5. The topological polar surface area (TPSA) is 53.4 Å². The number of ether oxygens (including phenoxy) is 2. The van der Waals surface area contributed by atoms with Crippen molar-refractivity contribution in [3.8, 4) is 5.88 Å². The Hall–Kier alpha value is -2.01. The standard InChI is InChI=1S/C13H13F7N2O3/c1-24-10(23)8-7(13(18,19)20)9(25-11(14)15)21-22(8)5-6-2-3-12(16,17)4-6/h6,11H,2-5H2,1H3/t6-/m1/s1. The molecule has 0 amide bonds. The number of aromatic nitrogens is 2. The molecule has 0 unspecified atom stereocenters. The lowest BCUT2D eigenvalue weighted by molar-refractivity contribution is -0.142. The van der Waals surface area contributed by atoms with Gasteiger partial charge < -0.3 is 9.47 Å². The highest BCUT2D eigenvalue weighted by Crippen LogP contribution is 2.42. The number of esters is 1. The minimum atomic E-state index is -5.24. The van der Waals surface area contributed by atoms with Gasteiger partial charge in [-0.15, -0.1) is 5.10 Å². The SMILES string of the molecule is COC(=O)c1c(C(F)(F)F)c(OC(F)F)nn1C[C@@H]1CCC(F)(F)C1. The lowest BCUT2D eigenvalue weighted by Gasteiger charge is -2.13. The molecular weight excluding hydrogens is 365 g/mol. The van der Waals surface area contributed by atoms with Gasteiger partial charge in [0.1, 0.15) is 0 Å². The van der Waals surface area contributed by atoms with E-state index >= 15 is 0 Å². The van der Waals surface area contributed by atoms with Crippen LogP contribution in [-0.2, 0) is 17.5 Å². The van der Waals surface area contributed by atoms with Gasteiger partial charge in [0.25, 0.3) is 5.88 Å². The van der Waals surface area contributed by atoms with Gasteiger partial charge in [-0.05, 0) is 12.3 Å². The Kier molecular flexibility index (Phi) is 5.19. The lowest BCUT2D eigenvalue weighted by Crippen LogP contribution is -2.21. The van der Waals surface area contributed by atoms with Crippen molar-refractivity contribution in [3.05, 3.63) is 11.3 Å². The van der Waals surface area contributed by atoms with Gasteiger partial charge in [0.15, 0.2) is 11.3 Å². The first-order chi connectivity index (χ1) is 11.4. The minimum absolute atomic E-state index is 0.0140. The Bertz CT molecular complexity index is 642. The highest BCUT2D eigenvalue weighted by molar-refractivity contribution is 5.90. The maximum atomic E-state index is 13.2. The fraction of sp³-hybridized carbons (Fsp3) is 0.692. The van der Waals surface area contributed by atoms with Gasteiger partial charge in [-0.2, -0.15) is 22.0 Å². The molecule has 25 heavy (non-hydrogen) atoms. The first kappa shape index (κ1) is 19.3. The average Bonchev–Trinajstić information content (AvgIpc) is 2.97. The van der Waals surface area contributed by atoms with Crippen LogP contribution in [0.15, 0.2) is 0 Å². The van der Waals surface area contributed by atoms with E-state index in [4.69, 9.17) is 0 Å². The van der Waals surface area contributed by atoms with Gasteiger partial charge in [-0.1, -0.05) is 0 Å². The fourth-order valence-corrected chi connectivity index (χ4v) is 2.74. The van der Waals surface area contributed by atoms with Crippen LogP contribution in [-0.4, -0.2) is 35.4 Å². The van der Waals surface area contributed by atoms with Crippen LogP contribution in [0.1, 0.15) is 35.3 Å². The monoisotopic (exact) mass is 378 g/mol. The molecule has 5 nitrogen and oxygen atoms in total. The van der Waals surface area contributed by atoms with Crippen molar-refractivity contribution >= 4 is 5.97 Å². The summed E-state index contributed by atoms with van der Waals surface area (Å²) in [4.78, 5) is 11.7. The van der Waals surface area contributed by atoms with E-state index in [0.29, 0.717) is 4.68 Å². The van der Waals surface area contributed by atoms with E-state index < -0.39 is 67.1 Å². The Balaban J connectivity index is 2.47. The van der Waals surface area contributed by atoms with E-state index in [1.54, 1.807) is 0 Å². The normalized spacial score (nSPS) is 20.1. The van der Waals surface area contributed by atoms with Gasteiger partial charge in [0.2, 0.25) is 5.92 Å². The van der Waals surface area contributed by atoms with Crippen LogP contribution in [0, 0.1) is 5.92 Å². The zero-order valence-electron chi connectivity index (χ0n) is 12.7. The van der Waals surface area contributed by atoms with Crippen LogP contribution in [0.2, 0.25) is 0 Å². The molecule has 2 rings (SSSR count). The Morgan fingerprint density at radius 1 is 1.40 bits per heavy atom. The van der Waals surface area contributed by atoms with Gasteiger partial charge in [0.05, 0.1) is 7.11 Å². The average molecular weight is 378 g/mol. The smallest absolute Gasteiger partial charge is 0.424 e. The van der Waals surface area contributed by atoms with Crippen molar-refractivity contribution in [3.63, 3.8) is 0 Å². The molecule has 0 aromatic carbocycles. The summed E-state index contributed by atoms with van der Waals surface area (Å²) < 4.78 is 99.3. The summed E-state index contributed by atoms with van der Waals surface area (Å²) in [5.74, 6) is -6.75. The van der Waals surface area contributed by atoms with E-state index in [-0.39, 0.29) is 6.42 Å². The van der Waals surface area contributed by atoms with Crippen molar-refractivity contribution in [2.45, 2.75) is 44.5 Å². The Morgan fingerprint density at radius 3 is 2.48 bits per heavy atom. The fourth-order valence-electron chi connectivity index (χ4n) is 2.74. The second-order valence-corrected chi connectivity index (χ2v) is 5.54. The largest absolute Gasteiger partial charge is 0.464 e. The number of hydrogen-bond acceptors (Lipinski definition) is 4. The van der Waals surface area contributed by atoms with Crippen LogP contribution in [0.25, 0.3) is 0 Å². The molecule has 142 valence electrons. The molecule has 1 saturated carbocycles. The first-order valence-corrected chi connectivity index (χ1v) is 7.03. The predicted octanol–water partition coefficient (Wildman–Crippen LogP) is 3.73. The number of carbonyl (C=O) groups is 1. The van der Waals surface area contributed by atoms with Crippen molar-refractivity contribution < 1.29 is 45.0 Å². The molecule has 0 saturated heterocycles. The summed E-state index contributed by atoms with van der Waals surface area (Å²) >= 11 is 0. The van der Waals surface area contributed by atoms with Gasteiger partial charge >= 0.3 is 18.8 Å². The molecule has 1 atom stereocenters. The van der Waals surface area contributed by atoms with Crippen LogP contribution in [0.3, 0.4) is 0 Å². The molecule has 1 aromatic rings. The van der Waals surface area contributed by atoms with Gasteiger partial charge in [-0.3, -0.25) is 4.68 Å². The van der Waals surface area contributed by atoms with Crippen molar-refractivity contribution in [2.75, 3.05) is 7.11 Å². The molecule has 1 aliphatic rings. The summed E-state index contributed by atoms with van der Waals surface area (Å²) in [7, 11) is 0.789. The number of nitrogens with zero attached hydrogens (tertiary/aromatic N) is 2. The third-order valence-electron chi connectivity index (χ3n) is 3.72. The first-order valence-electron chi connectivity index (χ1n) is 7.03.